The van der Waals surface area contributed by atoms with Gasteiger partial charge in [0, 0.05) is 24.6 Å². The van der Waals surface area contributed by atoms with Gasteiger partial charge in [0.15, 0.2) is 5.82 Å². The number of halogens is 3. The van der Waals surface area contributed by atoms with E-state index >= 15 is 0 Å². The molecule has 3 rings (SSSR count). The SMILES string of the molecule is NC1CCn2c(nnc2-c2ccccc2C(F)(F)F)C1. The van der Waals surface area contributed by atoms with Gasteiger partial charge in [-0.1, -0.05) is 18.2 Å². The molecule has 4 nitrogen and oxygen atoms in total. The molecule has 0 bridgehead atoms. The largest absolute Gasteiger partial charge is 0.417 e. The van der Waals surface area contributed by atoms with Crippen molar-refractivity contribution < 1.29 is 13.2 Å². The predicted octanol–water partition coefficient (Wildman–Crippen LogP) is 2.24. The van der Waals surface area contributed by atoms with E-state index in [-0.39, 0.29) is 17.4 Å². The summed E-state index contributed by atoms with van der Waals surface area (Å²) in [6.45, 7) is 0.547. The lowest BCUT2D eigenvalue weighted by Gasteiger charge is -2.21. The summed E-state index contributed by atoms with van der Waals surface area (Å²) in [6.07, 6.45) is -3.15. The van der Waals surface area contributed by atoms with Crippen molar-refractivity contribution in [1.29, 1.82) is 0 Å². The van der Waals surface area contributed by atoms with Crippen molar-refractivity contribution in [2.75, 3.05) is 0 Å². The van der Waals surface area contributed by atoms with Crippen LogP contribution in [0.25, 0.3) is 11.4 Å². The van der Waals surface area contributed by atoms with Gasteiger partial charge in [-0.05, 0) is 12.5 Å². The number of nitrogens with zero attached hydrogens (tertiary/aromatic N) is 3. The van der Waals surface area contributed by atoms with Crippen LogP contribution in [0.15, 0.2) is 24.3 Å². The van der Waals surface area contributed by atoms with Crippen molar-refractivity contribution in [1.82, 2.24) is 14.8 Å². The molecule has 0 fully saturated rings. The average molecular weight is 282 g/mol. The third kappa shape index (κ3) is 2.18. The van der Waals surface area contributed by atoms with E-state index in [1.165, 1.54) is 12.1 Å². The van der Waals surface area contributed by atoms with E-state index in [4.69, 9.17) is 5.73 Å². The first-order valence-corrected chi connectivity index (χ1v) is 6.31. The van der Waals surface area contributed by atoms with Crippen LogP contribution in [0.2, 0.25) is 0 Å². The summed E-state index contributed by atoms with van der Waals surface area (Å²) in [5, 5.41) is 7.91. The van der Waals surface area contributed by atoms with Gasteiger partial charge in [0.05, 0.1) is 5.56 Å². The van der Waals surface area contributed by atoms with Crippen molar-refractivity contribution in [3.63, 3.8) is 0 Å². The summed E-state index contributed by atoms with van der Waals surface area (Å²) < 4.78 is 40.9. The van der Waals surface area contributed by atoms with Gasteiger partial charge in [0.25, 0.3) is 0 Å². The van der Waals surface area contributed by atoms with E-state index in [2.05, 4.69) is 10.2 Å². The number of hydrogen-bond acceptors (Lipinski definition) is 3. The van der Waals surface area contributed by atoms with Crippen LogP contribution in [0.1, 0.15) is 17.8 Å². The third-order valence-corrected chi connectivity index (χ3v) is 3.47. The van der Waals surface area contributed by atoms with Crippen LogP contribution >= 0.6 is 0 Å². The molecule has 2 heterocycles. The second-order valence-electron chi connectivity index (χ2n) is 4.89. The molecule has 7 heteroatoms. The summed E-state index contributed by atoms with van der Waals surface area (Å²) in [4.78, 5) is 0. The molecule has 1 aromatic carbocycles. The van der Waals surface area contributed by atoms with Crippen molar-refractivity contribution in [3.05, 3.63) is 35.7 Å². The third-order valence-electron chi connectivity index (χ3n) is 3.47. The molecule has 0 saturated carbocycles. The van der Waals surface area contributed by atoms with Crippen LogP contribution in [0, 0.1) is 0 Å². The van der Waals surface area contributed by atoms with Crippen LogP contribution in [0.4, 0.5) is 13.2 Å². The fraction of sp³-hybridized carbons (Fsp3) is 0.385. The number of hydrogen-bond donors (Lipinski definition) is 1. The van der Waals surface area contributed by atoms with Crippen LogP contribution in [0.3, 0.4) is 0 Å². The fourth-order valence-electron chi connectivity index (χ4n) is 2.48. The van der Waals surface area contributed by atoms with Crippen molar-refractivity contribution in [2.45, 2.75) is 31.6 Å². The number of aromatic nitrogens is 3. The first kappa shape index (κ1) is 13.1. The van der Waals surface area contributed by atoms with Crippen molar-refractivity contribution >= 4 is 0 Å². The highest BCUT2D eigenvalue weighted by molar-refractivity contribution is 5.61. The Morgan fingerprint density at radius 1 is 1.20 bits per heavy atom. The second kappa shape index (κ2) is 4.59. The molecule has 0 spiro atoms. The monoisotopic (exact) mass is 282 g/mol. The van der Waals surface area contributed by atoms with Crippen LogP contribution in [0.5, 0.6) is 0 Å². The Morgan fingerprint density at radius 2 is 1.95 bits per heavy atom. The highest BCUT2D eigenvalue weighted by atomic mass is 19.4. The highest BCUT2D eigenvalue weighted by Gasteiger charge is 2.35. The van der Waals surface area contributed by atoms with Gasteiger partial charge < -0.3 is 10.3 Å². The van der Waals surface area contributed by atoms with E-state index < -0.39 is 11.7 Å². The molecule has 0 saturated heterocycles. The molecule has 1 unspecified atom stereocenters. The first-order valence-electron chi connectivity index (χ1n) is 6.31. The average Bonchev–Trinajstić information content (AvgIpc) is 2.80. The molecular formula is C13H13F3N4. The van der Waals surface area contributed by atoms with E-state index in [1.807, 2.05) is 0 Å². The molecule has 1 atom stereocenters. The Kier molecular flexibility index (Phi) is 3.01. The topological polar surface area (TPSA) is 56.7 Å². The van der Waals surface area contributed by atoms with Gasteiger partial charge in [0.1, 0.15) is 5.82 Å². The number of benzene rings is 1. The zero-order valence-electron chi connectivity index (χ0n) is 10.6. The van der Waals surface area contributed by atoms with Crippen LogP contribution in [-0.2, 0) is 19.1 Å². The van der Waals surface area contributed by atoms with Crippen LogP contribution < -0.4 is 5.73 Å². The maximum atomic E-state index is 13.1. The fourth-order valence-corrected chi connectivity index (χ4v) is 2.48. The lowest BCUT2D eigenvalue weighted by molar-refractivity contribution is -0.137. The predicted molar refractivity (Wildman–Crippen MR) is 66.8 cm³/mol. The molecule has 1 aliphatic rings. The standard InChI is InChI=1S/C13H13F3N4/c14-13(15,16)10-4-2-1-3-9(10)12-19-18-11-7-8(17)5-6-20(11)12/h1-4,8H,5-7,17H2. The maximum absolute atomic E-state index is 13.1. The molecule has 106 valence electrons. The Morgan fingerprint density at radius 3 is 2.70 bits per heavy atom. The second-order valence-corrected chi connectivity index (χ2v) is 4.89. The normalized spacial score (nSPS) is 18.9. The molecule has 0 aliphatic carbocycles. The van der Waals surface area contributed by atoms with Gasteiger partial charge in [-0.3, -0.25) is 0 Å². The lowest BCUT2D eigenvalue weighted by Crippen LogP contribution is -2.31. The zero-order chi connectivity index (χ0) is 14.3. The molecule has 2 aromatic rings. The number of alkyl halides is 3. The summed E-state index contributed by atoms with van der Waals surface area (Å²) in [7, 11) is 0. The summed E-state index contributed by atoms with van der Waals surface area (Å²) in [5.74, 6) is 0.913. The number of nitrogens with two attached hydrogens (primary N) is 1. The minimum Gasteiger partial charge on any atom is -0.327 e. The minimum atomic E-state index is -4.41. The zero-order valence-corrected chi connectivity index (χ0v) is 10.6. The van der Waals surface area contributed by atoms with Gasteiger partial charge in [-0.2, -0.15) is 13.2 Å². The Labute approximate surface area is 113 Å². The number of fused-ring (bicyclic) bond motifs is 1. The van der Waals surface area contributed by atoms with E-state index in [1.54, 1.807) is 10.6 Å². The van der Waals surface area contributed by atoms with Gasteiger partial charge in [-0.25, -0.2) is 0 Å². The van der Waals surface area contributed by atoms with Crippen LogP contribution in [-0.4, -0.2) is 20.8 Å². The molecule has 1 aromatic heterocycles. The first-order chi connectivity index (χ1) is 9.47. The van der Waals surface area contributed by atoms with Gasteiger partial charge >= 0.3 is 6.18 Å². The molecule has 1 aliphatic heterocycles. The number of rotatable bonds is 1. The Hall–Kier alpha value is -1.89. The minimum absolute atomic E-state index is 0.00240. The maximum Gasteiger partial charge on any atom is 0.417 e. The molecule has 2 N–H and O–H groups in total. The molecule has 0 amide bonds. The van der Waals surface area contributed by atoms with E-state index in [9.17, 15) is 13.2 Å². The molecule has 20 heavy (non-hydrogen) atoms. The smallest absolute Gasteiger partial charge is 0.327 e. The molecular weight excluding hydrogens is 269 g/mol. The Balaban J connectivity index is 2.12. The van der Waals surface area contributed by atoms with Gasteiger partial charge in [-0.15, -0.1) is 10.2 Å². The van der Waals surface area contributed by atoms with Crippen molar-refractivity contribution in [2.24, 2.45) is 5.73 Å². The highest BCUT2D eigenvalue weighted by Crippen LogP contribution is 2.36. The van der Waals surface area contributed by atoms with E-state index in [0.29, 0.717) is 25.2 Å². The van der Waals surface area contributed by atoms with Crippen molar-refractivity contribution in [3.8, 4) is 11.4 Å². The van der Waals surface area contributed by atoms with E-state index in [0.717, 1.165) is 6.07 Å². The quantitative estimate of drug-likeness (QED) is 0.872. The summed E-state index contributed by atoms with van der Waals surface area (Å²) in [6, 6.07) is 5.42. The summed E-state index contributed by atoms with van der Waals surface area (Å²) in [5.41, 5.74) is 5.21. The molecule has 0 radical (unpaired) electrons. The van der Waals surface area contributed by atoms with Gasteiger partial charge in [0.2, 0.25) is 0 Å². The Bertz CT molecular complexity index is 633. The lowest BCUT2D eigenvalue weighted by atomic mass is 10.0. The summed E-state index contributed by atoms with van der Waals surface area (Å²) >= 11 is 0.